The smallest absolute Gasteiger partial charge is 0.337 e. The van der Waals surface area contributed by atoms with Crippen LogP contribution in [0.1, 0.15) is 10.4 Å². The molecule has 0 atom stereocenters. The minimum Gasteiger partial charge on any atom is -0.465 e. The van der Waals surface area contributed by atoms with Gasteiger partial charge in [-0.15, -0.1) is 23.4 Å². The van der Waals surface area contributed by atoms with Gasteiger partial charge in [0.15, 0.2) is 0 Å². The van der Waals surface area contributed by atoms with Gasteiger partial charge in [0, 0.05) is 17.8 Å². The number of nitrogens with zero attached hydrogens (tertiary/aromatic N) is 1. The highest BCUT2D eigenvalue weighted by molar-refractivity contribution is 7.99. The van der Waals surface area contributed by atoms with Crippen molar-refractivity contribution < 1.29 is 9.53 Å². The number of methoxy groups -OCH3 is 1. The van der Waals surface area contributed by atoms with Crippen molar-refractivity contribution >= 4 is 29.3 Å². The number of carbonyl (C=O) groups excluding carboxylic acids is 1. The number of aromatic nitrogens is 1. The first-order chi connectivity index (χ1) is 6.77. The van der Waals surface area contributed by atoms with Crippen molar-refractivity contribution in [2.45, 2.75) is 5.03 Å². The number of carbonyl (C=O) groups is 1. The van der Waals surface area contributed by atoms with Gasteiger partial charge in [0.2, 0.25) is 0 Å². The number of halogens is 1. The van der Waals surface area contributed by atoms with E-state index in [0.29, 0.717) is 11.4 Å². The van der Waals surface area contributed by atoms with Gasteiger partial charge in [0.25, 0.3) is 0 Å². The quantitative estimate of drug-likeness (QED) is 0.453. The van der Waals surface area contributed by atoms with Gasteiger partial charge in [0.05, 0.1) is 17.7 Å². The van der Waals surface area contributed by atoms with Gasteiger partial charge in [-0.2, -0.15) is 0 Å². The predicted molar refractivity (Wildman–Crippen MR) is 57.0 cm³/mol. The summed E-state index contributed by atoms with van der Waals surface area (Å²) in [4.78, 5) is 15.2. The molecule has 1 aromatic rings. The zero-order valence-corrected chi connectivity index (χ0v) is 9.27. The topological polar surface area (TPSA) is 39.2 Å². The standard InChI is InChI=1S/C9H10ClNO2S/c1-13-9(12)7-2-4-11-8(6-7)14-5-3-10/h2,4,6H,3,5H2,1H3. The third kappa shape index (κ3) is 3.20. The number of hydrogen-bond donors (Lipinski definition) is 0. The monoisotopic (exact) mass is 231 g/mol. The van der Waals surface area contributed by atoms with E-state index in [0.717, 1.165) is 10.8 Å². The molecular formula is C9H10ClNO2S. The Bertz CT molecular complexity index is 319. The van der Waals surface area contributed by atoms with E-state index in [2.05, 4.69) is 9.72 Å². The normalized spacial score (nSPS) is 9.86. The molecule has 0 aromatic carbocycles. The molecule has 0 aliphatic heterocycles. The van der Waals surface area contributed by atoms with Crippen LogP contribution in [0.3, 0.4) is 0 Å². The summed E-state index contributed by atoms with van der Waals surface area (Å²) in [6.45, 7) is 0. The van der Waals surface area contributed by atoms with Crippen molar-refractivity contribution in [1.82, 2.24) is 4.98 Å². The number of hydrogen-bond acceptors (Lipinski definition) is 4. The molecule has 0 fully saturated rings. The Hall–Kier alpha value is -0.740. The van der Waals surface area contributed by atoms with Crippen LogP contribution in [-0.2, 0) is 4.74 Å². The summed E-state index contributed by atoms with van der Waals surface area (Å²) >= 11 is 7.05. The van der Waals surface area contributed by atoms with Crippen LogP contribution in [0.4, 0.5) is 0 Å². The maximum absolute atomic E-state index is 11.2. The summed E-state index contributed by atoms with van der Waals surface area (Å²) in [6, 6.07) is 3.32. The van der Waals surface area contributed by atoms with Gasteiger partial charge < -0.3 is 4.74 Å². The lowest BCUT2D eigenvalue weighted by atomic mass is 10.3. The lowest BCUT2D eigenvalue weighted by Crippen LogP contribution is -2.01. The summed E-state index contributed by atoms with van der Waals surface area (Å²) in [5.41, 5.74) is 0.513. The molecule has 14 heavy (non-hydrogen) atoms. The first kappa shape index (κ1) is 11.3. The molecule has 1 aromatic heterocycles. The third-order valence-corrected chi connectivity index (χ3v) is 2.82. The van der Waals surface area contributed by atoms with Crippen LogP contribution >= 0.6 is 23.4 Å². The first-order valence-corrected chi connectivity index (χ1v) is 5.53. The number of alkyl halides is 1. The largest absolute Gasteiger partial charge is 0.465 e. The second kappa shape index (κ2) is 5.88. The number of rotatable bonds is 4. The summed E-state index contributed by atoms with van der Waals surface area (Å²) in [5.74, 6) is 0.994. The average Bonchev–Trinajstić information content (AvgIpc) is 2.25. The molecule has 0 saturated heterocycles. The van der Waals surface area contributed by atoms with Crippen LogP contribution < -0.4 is 0 Å². The van der Waals surface area contributed by atoms with Gasteiger partial charge in [0.1, 0.15) is 0 Å². The van der Waals surface area contributed by atoms with Crippen LogP contribution in [0.2, 0.25) is 0 Å². The van der Waals surface area contributed by atoms with Crippen molar-refractivity contribution in [3.63, 3.8) is 0 Å². The average molecular weight is 232 g/mol. The summed E-state index contributed by atoms with van der Waals surface area (Å²) < 4.78 is 4.59. The zero-order valence-electron chi connectivity index (χ0n) is 7.70. The molecule has 0 radical (unpaired) electrons. The van der Waals surface area contributed by atoms with Crippen LogP contribution in [0, 0.1) is 0 Å². The molecule has 0 aliphatic carbocycles. The van der Waals surface area contributed by atoms with Gasteiger partial charge in [-0.25, -0.2) is 9.78 Å². The number of ether oxygens (including phenoxy) is 1. The fraction of sp³-hybridized carbons (Fsp3) is 0.333. The molecular weight excluding hydrogens is 222 g/mol. The summed E-state index contributed by atoms with van der Waals surface area (Å²) in [7, 11) is 1.36. The molecule has 76 valence electrons. The van der Waals surface area contributed by atoms with E-state index in [1.165, 1.54) is 18.9 Å². The van der Waals surface area contributed by atoms with Gasteiger partial charge in [-0.3, -0.25) is 0 Å². The first-order valence-electron chi connectivity index (χ1n) is 4.01. The van der Waals surface area contributed by atoms with E-state index in [-0.39, 0.29) is 5.97 Å². The van der Waals surface area contributed by atoms with Gasteiger partial charge in [-0.1, -0.05) is 0 Å². The number of esters is 1. The third-order valence-electron chi connectivity index (χ3n) is 1.48. The minimum absolute atomic E-state index is 0.347. The molecule has 0 aliphatic rings. The second-order valence-electron chi connectivity index (χ2n) is 2.41. The highest BCUT2D eigenvalue weighted by atomic mass is 35.5. The molecule has 5 heteroatoms. The van der Waals surface area contributed by atoms with E-state index in [1.807, 2.05) is 0 Å². The lowest BCUT2D eigenvalue weighted by molar-refractivity contribution is 0.0600. The Morgan fingerprint density at radius 2 is 2.50 bits per heavy atom. The predicted octanol–water partition coefficient (Wildman–Crippen LogP) is 2.20. The highest BCUT2D eigenvalue weighted by Crippen LogP contribution is 2.16. The molecule has 3 nitrogen and oxygen atoms in total. The van der Waals surface area contributed by atoms with Crippen LogP contribution in [-0.4, -0.2) is 29.7 Å². The fourth-order valence-electron chi connectivity index (χ4n) is 0.876. The number of thioether (sulfide) groups is 1. The van der Waals surface area contributed by atoms with Crippen LogP contribution in [0.5, 0.6) is 0 Å². The maximum Gasteiger partial charge on any atom is 0.337 e. The fourth-order valence-corrected chi connectivity index (χ4v) is 1.74. The van der Waals surface area contributed by atoms with Crippen LogP contribution in [0.25, 0.3) is 0 Å². The van der Waals surface area contributed by atoms with E-state index in [4.69, 9.17) is 11.6 Å². The molecule has 0 spiro atoms. The zero-order chi connectivity index (χ0) is 10.4. The molecule has 0 saturated carbocycles. The minimum atomic E-state index is -0.347. The summed E-state index contributed by atoms with van der Waals surface area (Å²) in [5, 5.41) is 0.786. The van der Waals surface area contributed by atoms with Crippen molar-refractivity contribution in [1.29, 1.82) is 0 Å². The Morgan fingerprint density at radius 1 is 1.71 bits per heavy atom. The molecule has 1 rings (SSSR count). The molecule has 0 bridgehead atoms. The van der Waals surface area contributed by atoms with E-state index < -0.39 is 0 Å². The summed E-state index contributed by atoms with van der Waals surface area (Å²) in [6.07, 6.45) is 1.59. The lowest BCUT2D eigenvalue weighted by Gasteiger charge is -2.01. The van der Waals surface area contributed by atoms with Crippen molar-refractivity contribution in [3.8, 4) is 0 Å². The number of pyridine rings is 1. The highest BCUT2D eigenvalue weighted by Gasteiger charge is 2.06. The van der Waals surface area contributed by atoms with Crippen LogP contribution in [0.15, 0.2) is 23.4 Å². The van der Waals surface area contributed by atoms with E-state index in [1.54, 1.807) is 18.3 Å². The van der Waals surface area contributed by atoms with Crippen molar-refractivity contribution in [3.05, 3.63) is 23.9 Å². The Kier molecular flexibility index (Phi) is 4.76. The van der Waals surface area contributed by atoms with E-state index >= 15 is 0 Å². The van der Waals surface area contributed by atoms with Crippen molar-refractivity contribution in [2.75, 3.05) is 18.7 Å². The Balaban J connectivity index is 2.73. The molecule has 0 amide bonds. The van der Waals surface area contributed by atoms with Gasteiger partial charge >= 0.3 is 5.97 Å². The SMILES string of the molecule is COC(=O)c1ccnc(SCCCl)c1. The van der Waals surface area contributed by atoms with Crippen molar-refractivity contribution in [2.24, 2.45) is 0 Å². The second-order valence-corrected chi connectivity index (χ2v) is 3.90. The molecule has 0 N–H and O–H groups in total. The van der Waals surface area contributed by atoms with E-state index in [9.17, 15) is 4.79 Å². The molecule has 1 heterocycles. The Morgan fingerprint density at radius 3 is 3.14 bits per heavy atom. The van der Waals surface area contributed by atoms with Gasteiger partial charge in [-0.05, 0) is 12.1 Å². The molecule has 0 unspecified atom stereocenters. The Labute approximate surface area is 91.8 Å². The maximum atomic E-state index is 11.2.